The third-order valence-corrected chi connectivity index (χ3v) is 7.81. The van der Waals surface area contributed by atoms with Crippen LogP contribution in [0.25, 0.3) is 21.5 Å². The molecule has 0 aromatic heterocycles. The van der Waals surface area contributed by atoms with E-state index in [1.54, 1.807) is 0 Å². The SMILES string of the molecule is COC(=O)[C@@H]1[C@H]2c3ccc(cc3)COCc3ccc4c5c3ccc3cccc(c35)[C@@H]1[C@H]42. The molecule has 3 heteroatoms. The van der Waals surface area contributed by atoms with E-state index >= 15 is 0 Å². The number of ether oxygens (including phenoxy) is 2. The van der Waals surface area contributed by atoms with Crippen LogP contribution in [0.2, 0.25) is 0 Å². The normalized spacial score (nSPS) is 25.3. The van der Waals surface area contributed by atoms with Gasteiger partial charge in [-0.1, -0.05) is 66.7 Å². The summed E-state index contributed by atoms with van der Waals surface area (Å²) >= 11 is 0. The Morgan fingerprint density at radius 1 is 0.839 bits per heavy atom. The van der Waals surface area contributed by atoms with Crippen molar-refractivity contribution >= 4 is 27.5 Å². The highest BCUT2D eigenvalue weighted by Gasteiger charge is 2.58. The molecule has 10 rings (SSSR count). The zero-order chi connectivity index (χ0) is 20.7. The van der Waals surface area contributed by atoms with Crippen LogP contribution in [-0.2, 0) is 27.5 Å². The van der Waals surface area contributed by atoms with E-state index in [0.29, 0.717) is 13.2 Å². The Kier molecular flexibility index (Phi) is 3.49. The predicted molar refractivity (Wildman–Crippen MR) is 120 cm³/mol. The van der Waals surface area contributed by atoms with Gasteiger partial charge in [0.1, 0.15) is 0 Å². The lowest BCUT2D eigenvalue weighted by Crippen LogP contribution is -2.47. The average molecular weight is 406 g/mol. The molecule has 4 aliphatic heterocycles. The summed E-state index contributed by atoms with van der Waals surface area (Å²) in [7, 11) is 1.51. The van der Waals surface area contributed by atoms with Crippen molar-refractivity contribution in [1.29, 1.82) is 0 Å². The van der Waals surface area contributed by atoms with Gasteiger partial charge in [-0.05, 0) is 55.3 Å². The molecule has 0 N–H and O–H groups in total. The molecule has 6 bridgehead atoms. The summed E-state index contributed by atoms with van der Waals surface area (Å²) in [5.74, 6) is 0.258. The molecule has 1 saturated carbocycles. The van der Waals surface area contributed by atoms with Crippen LogP contribution in [-0.4, -0.2) is 13.1 Å². The first-order valence-corrected chi connectivity index (χ1v) is 11.0. The van der Waals surface area contributed by atoms with E-state index in [1.807, 2.05) is 0 Å². The average Bonchev–Trinajstić information content (AvgIpc) is 2.81. The van der Waals surface area contributed by atoms with Crippen molar-refractivity contribution in [3.63, 3.8) is 0 Å². The van der Waals surface area contributed by atoms with Crippen molar-refractivity contribution in [2.24, 2.45) is 5.92 Å². The van der Waals surface area contributed by atoms with E-state index in [1.165, 1.54) is 50.9 Å². The number of carbonyl (C=O) groups excluding carboxylic acids is 1. The summed E-state index contributed by atoms with van der Waals surface area (Å²) in [5.41, 5.74) is 6.25. The second-order valence-corrected chi connectivity index (χ2v) is 9.11. The van der Waals surface area contributed by atoms with E-state index in [-0.39, 0.29) is 29.6 Å². The van der Waals surface area contributed by atoms with Gasteiger partial charge in [0.25, 0.3) is 0 Å². The molecule has 4 heterocycles. The fourth-order valence-electron chi connectivity index (χ4n) is 6.50. The molecule has 0 radical (unpaired) electrons. The maximum absolute atomic E-state index is 13.1. The van der Waals surface area contributed by atoms with Crippen molar-refractivity contribution in [2.75, 3.05) is 7.11 Å². The molecular weight excluding hydrogens is 384 g/mol. The zero-order valence-corrected chi connectivity index (χ0v) is 17.3. The van der Waals surface area contributed by atoms with E-state index < -0.39 is 0 Å². The Hall–Kier alpha value is -3.17. The quantitative estimate of drug-likeness (QED) is 0.296. The molecule has 0 amide bonds. The van der Waals surface area contributed by atoms with Gasteiger partial charge in [0.05, 0.1) is 26.2 Å². The Labute approximate surface area is 180 Å². The number of fused-ring (bicyclic) bond motifs is 1. The number of hydrogen-bond acceptors (Lipinski definition) is 3. The minimum Gasteiger partial charge on any atom is -0.469 e. The van der Waals surface area contributed by atoms with Gasteiger partial charge in [-0.25, -0.2) is 0 Å². The lowest BCUT2D eigenvalue weighted by atomic mass is 9.48. The lowest BCUT2D eigenvalue weighted by molar-refractivity contribution is -0.151. The van der Waals surface area contributed by atoms with Crippen LogP contribution >= 0.6 is 0 Å². The van der Waals surface area contributed by atoms with Crippen molar-refractivity contribution < 1.29 is 14.3 Å². The van der Waals surface area contributed by atoms with Gasteiger partial charge >= 0.3 is 5.97 Å². The van der Waals surface area contributed by atoms with Gasteiger partial charge in [0.15, 0.2) is 0 Å². The van der Waals surface area contributed by atoms with E-state index in [0.717, 1.165) is 5.56 Å². The van der Waals surface area contributed by atoms with E-state index in [4.69, 9.17) is 9.47 Å². The van der Waals surface area contributed by atoms with Crippen LogP contribution < -0.4 is 0 Å². The molecule has 2 aliphatic carbocycles. The topological polar surface area (TPSA) is 35.5 Å². The number of hydrogen-bond donors (Lipinski definition) is 0. The summed E-state index contributed by atoms with van der Waals surface area (Å²) in [6.07, 6.45) is 0. The van der Waals surface area contributed by atoms with Crippen LogP contribution in [0.4, 0.5) is 0 Å². The Bertz CT molecular complexity index is 1390. The van der Waals surface area contributed by atoms with Gasteiger partial charge in [-0.2, -0.15) is 0 Å². The van der Waals surface area contributed by atoms with Gasteiger partial charge < -0.3 is 9.47 Å². The second kappa shape index (κ2) is 6.18. The minimum absolute atomic E-state index is 0.104. The highest BCUT2D eigenvalue weighted by Crippen LogP contribution is 2.66. The second-order valence-electron chi connectivity index (χ2n) is 9.11. The molecule has 152 valence electrons. The smallest absolute Gasteiger partial charge is 0.309 e. The maximum Gasteiger partial charge on any atom is 0.309 e. The fourth-order valence-corrected chi connectivity index (χ4v) is 6.50. The Morgan fingerprint density at radius 2 is 1.68 bits per heavy atom. The van der Waals surface area contributed by atoms with Crippen molar-refractivity contribution in [2.45, 2.75) is 31.0 Å². The summed E-state index contributed by atoms with van der Waals surface area (Å²) in [4.78, 5) is 13.1. The Morgan fingerprint density at radius 3 is 2.52 bits per heavy atom. The van der Waals surface area contributed by atoms with Gasteiger partial charge in [0, 0.05) is 11.8 Å². The number of esters is 1. The van der Waals surface area contributed by atoms with Crippen LogP contribution in [0, 0.1) is 5.92 Å². The highest BCUT2D eigenvalue weighted by atomic mass is 16.5. The maximum atomic E-state index is 13.1. The molecule has 1 fully saturated rings. The lowest BCUT2D eigenvalue weighted by Gasteiger charge is -2.54. The van der Waals surface area contributed by atoms with Crippen LogP contribution in [0.3, 0.4) is 0 Å². The molecule has 4 aromatic rings. The van der Waals surface area contributed by atoms with E-state index in [9.17, 15) is 4.79 Å². The minimum atomic E-state index is -0.170. The number of carbonyl (C=O) groups is 1. The molecule has 4 atom stereocenters. The Balaban J connectivity index is 1.61. The third-order valence-electron chi connectivity index (χ3n) is 7.81. The molecule has 0 spiro atoms. The largest absolute Gasteiger partial charge is 0.469 e. The molecule has 31 heavy (non-hydrogen) atoms. The summed E-state index contributed by atoms with van der Waals surface area (Å²) in [6, 6.07) is 24.2. The first kappa shape index (κ1) is 17.5. The van der Waals surface area contributed by atoms with E-state index in [2.05, 4.69) is 66.7 Å². The molecule has 3 nitrogen and oxygen atoms in total. The van der Waals surface area contributed by atoms with Crippen LogP contribution in [0.15, 0.2) is 66.7 Å². The fraction of sp³-hybridized carbons (Fsp3) is 0.250. The van der Waals surface area contributed by atoms with Crippen molar-refractivity contribution in [3.8, 4) is 0 Å². The summed E-state index contributed by atoms with van der Waals surface area (Å²) in [6.45, 7) is 1.17. The zero-order valence-electron chi connectivity index (χ0n) is 17.3. The van der Waals surface area contributed by atoms with Gasteiger partial charge in [-0.15, -0.1) is 0 Å². The number of benzene rings is 4. The molecule has 4 aromatic carbocycles. The standard InChI is InChI=1S/C28H22O3/c1-30-28(29)27-23-17-7-5-15(6-8-17)13-31-14-18-10-12-21-24-19(18)11-9-16-3-2-4-20(22(16)24)26(27)25(21)23/h2-12,23,25-27H,13-14H2,1H3/t23-,25+,26+,27+/m0/s1. The van der Waals surface area contributed by atoms with Crippen molar-refractivity contribution in [3.05, 3.63) is 94.5 Å². The highest BCUT2D eigenvalue weighted by molar-refractivity contribution is 6.14. The number of methoxy groups -OCH3 is 1. The predicted octanol–water partition coefficient (Wildman–Crippen LogP) is 5.79. The monoisotopic (exact) mass is 406 g/mol. The van der Waals surface area contributed by atoms with Gasteiger partial charge in [0.2, 0.25) is 0 Å². The van der Waals surface area contributed by atoms with Gasteiger partial charge in [-0.3, -0.25) is 4.79 Å². The summed E-state index contributed by atoms with van der Waals surface area (Å²) < 4.78 is 11.4. The first-order valence-electron chi connectivity index (χ1n) is 11.0. The number of rotatable bonds is 1. The van der Waals surface area contributed by atoms with Crippen LogP contribution in [0.5, 0.6) is 0 Å². The molecular formula is C28H22O3. The molecule has 0 saturated heterocycles. The molecule has 0 unspecified atom stereocenters. The van der Waals surface area contributed by atoms with Crippen LogP contribution in [0.1, 0.15) is 45.6 Å². The first-order chi connectivity index (χ1) is 15.3. The third kappa shape index (κ3) is 2.19. The van der Waals surface area contributed by atoms with Crippen molar-refractivity contribution in [1.82, 2.24) is 0 Å². The summed E-state index contributed by atoms with van der Waals surface area (Å²) in [5, 5.41) is 5.16. The molecule has 6 aliphatic rings.